The second-order valence-electron chi connectivity index (χ2n) is 9.88. The molecule has 0 radical (unpaired) electrons. The molecule has 1 aromatic rings. The van der Waals surface area contributed by atoms with Gasteiger partial charge in [0.25, 0.3) is 0 Å². The molecule has 12 heteroatoms. The van der Waals surface area contributed by atoms with Gasteiger partial charge in [0.2, 0.25) is 11.8 Å². The van der Waals surface area contributed by atoms with Crippen molar-refractivity contribution in [3.63, 3.8) is 0 Å². The summed E-state index contributed by atoms with van der Waals surface area (Å²) in [6.07, 6.45) is -0.988. The number of esters is 2. The van der Waals surface area contributed by atoms with Gasteiger partial charge in [-0.2, -0.15) is 0 Å². The van der Waals surface area contributed by atoms with E-state index in [1.165, 1.54) is 21.1 Å². The van der Waals surface area contributed by atoms with Gasteiger partial charge in [-0.1, -0.05) is 29.8 Å². The number of hydrogen-bond acceptors (Lipinski definition) is 9. The minimum Gasteiger partial charge on any atom is -0.468 e. The van der Waals surface area contributed by atoms with Crippen LogP contribution in [-0.2, 0) is 33.4 Å². The molecule has 0 aliphatic carbocycles. The molecule has 4 atom stereocenters. The van der Waals surface area contributed by atoms with Crippen LogP contribution in [0.2, 0.25) is 0 Å². The molecule has 1 fully saturated rings. The number of rotatable bonds is 8. The van der Waals surface area contributed by atoms with Crippen LogP contribution in [0, 0.1) is 6.92 Å². The predicted octanol–water partition coefficient (Wildman–Crippen LogP) is 0.628. The topological polar surface area (TPSA) is 161 Å². The highest BCUT2D eigenvalue weighted by atomic mass is 16.6. The highest BCUT2D eigenvalue weighted by Gasteiger charge is 2.57. The number of alkyl carbamates (subject to hydrolysis) is 1. The van der Waals surface area contributed by atoms with E-state index in [9.17, 15) is 24.0 Å². The molecule has 4 N–H and O–H groups in total. The molecule has 1 heterocycles. The minimum atomic E-state index is -1.71. The molecule has 0 saturated carbocycles. The first-order valence-corrected chi connectivity index (χ1v) is 11.8. The van der Waals surface area contributed by atoms with Crippen LogP contribution in [0.1, 0.15) is 51.3 Å². The third-order valence-electron chi connectivity index (χ3n) is 5.77. The first-order chi connectivity index (χ1) is 17.2. The molecular formula is C25H36N4O8. The molecule has 1 aromatic carbocycles. The fourth-order valence-corrected chi connectivity index (χ4v) is 3.94. The lowest BCUT2D eigenvalue weighted by Gasteiger charge is -2.34. The molecule has 0 aromatic heterocycles. The summed E-state index contributed by atoms with van der Waals surface area (Å²) in [5.74, 6) is -2.68. The number of hydrogen-bond donors (Lipinski definition) is 4. The number of amides is 3. The monoisotopic (exact) mass is 520 g/mol. The maximum Gasteiger partial charge on any atom is 0.408 e. The van der Waals surface area contributed by atoms with Gasteiger partial charge in [-0.25, -0.2) is 9.59 Å². The third-order valence-corrected chi connectivity index (χ3v) is 5.77. The predicted molar refractivity (Wildman–Crippen MR) is 132 cm³/mol. The third kappa shape index (κ3) is 7.66. The molecule has 0 bridgehead atoms. The minimum absolute atomic E-state index is 0.184. The van der Waals surface area contributed by atoms with Gasteiger partial charge in [0.15, 0.2) is 5.54 Å². The van der Waals surface area contributed by atoms with Gasteiger partial charge in [-0.15, -0.1) is 0 Å². The van der Waals surface area contributed by atoms with Gasteiger partial charge < -0.3 is 30.2 Å². The van der Waals surface area contributed by atoms with Crippen molar-refractivity contribution in [2.24, 2.45) is 0 Å². The molecule has 37 heavy (non-hydrogen) atoms. The summed E-state index contributed by atoms with van der Waals surface area (Å²) in [6.45, 7) is 8.03. The van der Waals surface area contributed by atoms with Crippen molar-refractivity contribution in [1.82, 2.24) is 21.3 Å². The van der Waals surface area contributed by atoms with E-state index in [0.717, 1.165) is 5.56 Å². The summed E-state index contributed by atoms with van der Waals surface area (Å²) in [7, 11) is 2.37. The van der Waals surface area contributed by atoms with Gasteiger partial charge >= 0.3 is 18.0 Å². The Morgan fingerprint density at radius 1 is 1.08 bits per heavy atom. The molecule has 204 valence electrons. The molecule has 1 saturated heterocycles. The number of methoxy groups -OCH3 is 2. The van der Waals surface area contributed by atoms with Crippen molar-refractivity contribution < 1.29 is 38.2 Å². The first-order valence-electron chi connectivity index (χ1n) is 11.8. The average Bonchev–Trinajstić information content (AvgIpc) is 3.21. The summed E-state index contributed by atoms with van der Waals surface area (Å²) in [5, 5.41) is 10.7. The number of ether oxygens (including phenoxy) is 3. The second kappa shape index (κ2) is 12.0. The van der Waals surface area contributed by atoms with E-state index in [4.69, 9.17) is 9.47 Å². The van der Waals surface area contributed by atoms with Gasteiger partial charge in [0.1, 0.15) is 18.2 Å². The van der Waals surface area contributed by atoms with Gasteiger partial charge in [-0.3, -0.25) is 19.7 Å². The van der Waals surface area contributed by atoms with Crippen molar-refractivity contribution in [3.05, 3.63) is 35.4 Å². The Morgan fingerprint density at radius 2 is 1.70 bits per heavy atom. The Labute approximate surface area is 216 Å². The Morgan fingerprint density at radius 3 is 2.24 bits per heavy atom. The fraction of sp³-hybridized carbons (Fsp3) is 0.560. The van der Waals surface area contributed by atoms with Crippen LogP contribution < -0.4 is 21.3 Å². The highest BCUT2D eigenvalue weighted by Crippen LogP contribution is 2.38. The summed E-state index contributed by atoms with van der Waals surface area (Å²) in [4.78, 5) is 63.0. The van der Waals surface area contributed by atoms with Crippen LogP contribution in [-0.4, -0.2) is 73.8 Å². The normalized spacial score (nSPS) is 21.8. The van der Waals surface area contributed by atoms with Crippen molar-refractivity contribution in [3.8, 4) is 0 Å². The second-order valence-corrected chi connectivity index (χ2v) is 9.88. The van der Waals surface area contributed by atoms with Crippen LogP contribution in [0.4, 0.5) is 4.79 Å². The standard InChI is InChI=1S/C25H36N4O8/c1-14-8-10-16(11-9-14)19-25(22(33)36-7,12-17(28-19)21(32)26-13-18(30)35-6)29-20(31)15(2)27-23(34)37-24(3,4)5/h8-11,15,17,19,28H,12-13H2,1-7H3,(H,26,32)(H,27,34)(H,29,31)/t15-,17+,19+,25-/m0/s1. The number of carbonyl (C=O) groups is 5. The Bertz CT molecular complexity index is 1020. The van der Waals surface area contributed by atoms with Crippen LogP contribution in [0.25, 0.3) is 0 Å². The molecule has 2 rings (SSSR count). The zero-order valence-corrected chi connectivity index (χ0v) is 22.2. The number of aryl methyl sites for hydroxylation is 1. The molecule has 3 amide bonds. The van der Waals surface area contributed by atoms with Crippen LogP contribution in [0.3, 0.4) is 0 Å². The van der Waals surface area contributed by atoms with E-state index in [1.54, 1.807) is 32.9 Å². The molecule has 0 spiro atoms. The van der Waals surface area contributed by atoms with Crippen molar-refractivity contribution in [1.29, 1.82) is 0 Å². The van der Waals surface area contributed by atoms with E-state index in [2.05, 4.69) is 26.0 Å². The first kappa shape index (κ1) is 29.6. The molecule has 1 aliphatic rings. The van der Waals surface area contributed by atoms with Crippen molar-refractivity contribution in [2.45, 2.75) is 70.3 Å². The van der Waals surface area contributed by atoms with E-state index < -0.39 is 59.1 Å². The zero-order valence-electron chi connectivity index (χ0n) is 22.2. The van der Waals surface area contributed by atoms with E-state index >= 15 is 0 Å². The SMILES string of the molecule is COC(=O)CNC(=O)[C@H]1C[C@@](NC(=O)[C@H](C)NC(=O)OC(C)(C)C)(C(=O)OC)[C@@H](c2ccc(C)cc2)N1. The number of benzene rings is 1. The molecular weight excluding hydrogens is 484 g/mol. The highest BCUT2D eigenvalue weighted by molar-refractivity contribution is 5.95. The molecule has 1 aliphatic heterocycles. The smallest absolute Gasteiger partial charge is 0.408 e. The Hall–Kier alpha value is -3.67. The van der Waals surface area contributed by atoms with E-state index in [-0.39, 0.29) is 13.0 Å². The summed E-state index contributed by atoms with van der Waals surface area (Å²) in [5.41, 5.74) is -0.896. The van der Waals surface area contributed by atoms with Crippen LogP contribution >= 0.6 is 0 Å². The lowest BCUT2D eigenvalue weighted by atomic mass is 9.84. The average molecular weight is 521 g/mol. The molecule has 0 unspecified atom stereocenters. The maximum atomic E-state index is 13.2. The zero-order chi connectivity index (χ0) is 28.0. The lowest BCUT2D eigenvalue weighted by molar-refractivity contribution is -0.152. The quantitative estimate of drug-likeness (QED) is 0.285. The van der Waals surface area contributed by atoms with Crippen LogP contribution in [0.5, 0.6) is 0 Å². The van der Waals surface area contributed by atoms with Gasteiger partial charge in [-0.05, 0) is 40.2 Å². The largest absolute Gasteiger partial charge is 0.468 e. The number of nitrogens with one attached hydrogen (secondary N) is 4. The molecule has 12 nitrogen and oxygen atoms in total. The summed E-state index contributed by atoms with van der Waals surface area (Å²) >= 11 is 0. The van der Waals surface area contributed by atoms with Gasteiger partial charge in [0.05, 0.1) is 26.3 Å². The van der Waals surface area contributed by atoms with Crippen molar-refractivity contribution >= 4 is 29.8 Å². The van der Waals surface area contributed by atoms with Crippen molar-refractivity contribution in [2.75, 3.05) is 20.8 Å². The van der Waals surface area contributed by atoms with Crippen LogP contribution in [0.15, 0.2) is 24.3 Å². The Kier molecular flexibility index (Phi) is 9.62. The van der Waals surface area contributed by atoms with E-state index in [1.807, 2.05) is 19.1 Å². The summed E-state index contributed by atoms with van der Waals surface area (Å²) in [6, 6.07) is 4.29. The maximum absolute atomic E-state index is 13.2. The lowest BCUT2D eigenvalue weighted by Crippen LogP contribution is -2.61. The summed E-state index contributed by atoms with van der Waals surface area (Å²) < 4.78 is 14.8. The van der Waals surface area contributed by atoms with Gasteiger partial charge in [0, 0.05) is 6.42 Å². The fourth-order valence-electron chi connectivity index (χ4n) is 3.94. The Balaban J connectivity index is 2.38. The number of carbonyl (C=O) groups excluding carboxylic acids is 5. The van der Waals surface area contributed by atoms with E-state index in [0.29, 0.717) is 5.56 Å².